The highest BCUT2D eigenvalue weighted by Gasteiger charge is 2.18. The van der Waals surface area contributed by atoms with Crippen LogP contribution < -0.4 is 21.3 Å². The molecule has 33 heavy (non-hydrogen) atoms. The SMILES string of the molecule is CC(C)NC(=O)c1ccc(NC(=O)CNc2ccc(Cl)c(C(=O)NC3CCCCC3)c2)cc1. The first-order chi connectivity index (χ1) is 15.8. The zero-order valence-corrected chi connectivity index (χ0v) is 19.8. The molecule has 0 aromatic heterocycles. The number of rotatable bonds is 8. The van der Waals surface area contributed by atoms with Crippen molar-refractivity contribution < 1.29 is 14.4 Å². The van der Waals surface area contributed by atoms with Crippen molar-refractivity contribution in [2.75, 3.05) is 17.2 Å². The Bertz CT molecular complexity index is 986. The molecule has 0 aliphatic heterocycles. The molecule has 3 rings (SSSR count). The molecule has 0 spiro atoms. The van der Waals surface area contributed by atoms with Gasteiger partial charge >= 0.3 is 0 Å². The number of amides is 3. The highest BCUT2D eigenvalue weighted by molar-refractivity contribution is 6.34. The maximum Gasteiger partial charge on any atom is 0.253 e. The van der Waals surface area contributed by atoms with Crippen molar-refractivity contribution in [2.45, 2.75) is 58.0 Å². The topological polar surface area (TPSA) is 99.3 Å². The van der Waals surface area contributed by atoms with E-state index >= 15 is 0 Å². The number of carbonyl (C=O) groups is 3. The van der Waals surface area contributed by atoms with Crippen LogP contribution in [-0.2, 0) is 4.79 Å². The van der Waals surface area contributed by atoms with Gasteiger partial charge in [0.1, 0.15) is 0 Å². The quantitative estimate of drug-likeness (QED) is 0.453. The molecule has 176 valence electrons. The number of hydrogen-bond donors (Lipinski definition) is 4. The fraction of sp³-hybridized carbons (Fsp3) is 0.400. The van der Waals surface area contributed by atoms with Crippen molar-refractivity contribution in [1.82, 2.24) is 10.6 Å². The zero-order chi connectivity index (χ0) is 23.8. The van der Waals surface area contributed by atoms with Crippen LogP contribution >= 0.6 is 11.6 Å². The fourth-order valence-electron chi connectivity index (χ4n) is 3.76. The maximum atomic E-state index is 12.7. The Hall–Kier alpha value is -3.06. The van der Waals surface area contributed by atoms with Gasteiger partial charge in [0.2, 0.25) is 5.91 Å². The van der Waals surface area contributed by atoms with E-state index in [1.54, 1.807) is 42.5 Å². The molecule has 8 heteroatoms. The largest absolute Gasteiger partial charge is 0.376 e. The van der Waals surface area contributed by atoms with Gasteiger partial charge in [-0.2, -0.15) is 0 Å². The summed E-state index contributed by atoms with van der Waals surface area (Å²) in [5, 5.41) is 12.1. The van der Waals surface area contributed by atoms with E-state index in [0.717, 1.165) is 25.7 Å². The number of halogens is 1. The summed E-state index contributed by atoms with van der Waals surface area (Å²) in [7, 11) is 0. The molecule has 0 unspecified atom stereocenters. The minimum Gasteiger partial charge on any atom is -0.376 e. The normalized spacial score (nSPS) is 13.9. The van der Waals surface area contributed by atoms with E-state index in [1.165, 1.54) is 6.42 Å². The molecule has 1 saturated carbocycles. The lowest BCUT2D eigenvalue weighted by Gasteiger charge is -2.23. The number of anilines is 2. The second-order valence-electron chi connectivity index (χ2n) is 8.61. The van der Waals surface area contributed by atoms with E-state index in [4.69, 9.17) is 11.6 Å². The molecule has 7 nitrogen and oxygen atoms in total. The van der Waals surface area contributed by atoms with Gasteiger partial charge < -0.3 is 21.3 Å². The molecule has 0 saturated heterocycles. The van der Waals surface area contributed by atoms with Gasteiger partial charge in [0.25, 0.3) is 11.8 Å². The van der Waals surface area contributed by atoms with Crippen LogP contribution in [-0.4, -0.2) is 36.3 Å². The molecular formula is C25H31ClN4O3. The van der Waals surface area contributed by atoms with Crippen molar-refractivity contribution >= 4 is 40.7 Å². The van der Waals surface area contributed by atoms with Crippen LogP contribution in [0.25, 0.3) is 0 Å². The Balaban J connectivity index is 1.53. The first-order valence-electron chi connectivity index (χ1n) is 11.4. The van der Waals surface area contributed by atoms with Crippen LogP contribution in [0, 0.1) is 0 Å². The van der Waals surface area contributed by atoms with Gasteiger partial charge in [-0.25, -0.2) is 0 Å². The van der Waals surface area contributed by atoms with Gasteiger partial charge in [-0.1, -0.05) is 30.9 Å². The lowest BCUT2D eigenvalue weighted by atomic mass is 9.95. The average molecular weight is 471 g/mol. The zero-order valence-electron chi connectivity index (χ0n) is 19.0. The van der Waals surface area contributed by atoms with Crippen LogP contribution in [0.4, 0.5) is 11.4 Å². The van der Waals surface area contributed by atoms with Crippen molar-refractivity contribution in [3.05, 3.63) is 58.6 Å². The van der Waals surface area contributed by atoms with Crippen LogP contribution in [0.1, 0.15) is 66.7 Å². The second kappa shape index (κ2) is 11.7. The number of carbonyl (C=O) groups excluding carboxylic acids is 3. The summed E-state index contributed by atoms with van der Waals surface area (Å²) in [6.07, 6.45) is 5.45. The van der Waals surface area contributed by atoms with E-state index in [0.29, 0.717) is 27.5 Å². The van der Waals surface area contributed by atoms with Crippen LogP contribution in [0.5, 0.6) is 0 Å². The van der Waals surface area contributed by atoms with Gasteiger partial charge in [0.15, 0.2) is 0 Å². The Labute approximate surface area is 199 Å². The molecule has 0 radical (unpaired) electrons. The first kappa shape index (κ1) is 24.6. The van der Waals surface area contributed by atoms with Crippen molar-refractivity contribution in [3.8, 4) is 0 Å². The first-order valence-corrected chi connectivity index (χ1v) is 11.7. The standard InChI is InChI=1S/C25H31ClN4O3/c1-16(2)28-24(32)17-8-10-19(11-9-17)29-23(31)15-27-20-12-13-22(26)21(14-20)25(33)30-18-6-4-3-5-7-18/h8-14,16,18,27H,3-7,15H2,1-2H3,(H,28,32)(H,29,31)(H,30,33). The summed E-state index contributed by atoms with van der Waals surface area (Å²) >= 11 is 6.25. The molecule has 2 aromatic rings. The molecule has 0 atom stereocenters. The molecule has 1 aliphatic carbocycles. The lowest BCUT2D eigenvalue weighted by molar-refractivity contribution is -0.114. The monoisotopic (exact) mass is 470 g/mol. The van der Waals surface area contributed by atoms with Crippen LogP contribution in [0.15, 0.2) is 42.5 Å². The van der Waals surface area contributed by atoms with Crippen molar-refractivity contribution in [1.29, 1.82) is 0 Å². The van der Waals surface area contributed by atoms with E-state index < -0.39 is 0 Å². The third-order valence-electron chi connectivity index (χ3n) is 5.46. The van der Waals surface area contributed by atoms with Crippen LogP contribution in [0.3, 0.4) is 0 Å². The van der Waals surface area contributed by atoms with Gasteiger partial charge in [0.05, 0.1) is 17.1 Å². The summed E-state index contributed by atoms with van der Waals surface area (Å²) in [5.74, 6) is -0.602. The molecule has 1 fully saturated rings. The van der Waals surface area contributed by atoms with Gasteiger partial charge in [0, 0.05) is 29.0 Å². The minimum absolute atomic E-state index is 0.0148. The lowest BCUT2D eigenvalue weighted by Crippen LogP contribution is -2.36. The second-order valence-corrected chi connectivity index (χ2v) is 9.02. The number of nitrogens with one attached hydrogen (secondary N) is 4. The molecule has 2 aromatic carbocycles. The molecule has 3 amide bonds. The molecule has 0 heterocycles. The van der Waals surface area contributed by atoms with Crippen molar-refractivity contribution in [2.24, 2.45) is 0 Å². The Morgan fingerprint density at radius 1 is 0.939 bits per heavy atom. The summed E-state index contributed by atoms with van der Waals surface area (Å²) in [4.78, 5) is 37.0. The Morgan fingerprint density at radius 3 is 2.27 bits per heavy atom. The minimum atomic E-state index is -0.252. The van der Waals surface area contributed by atoms with Gasteiger partial charge in [-0.05, 0) is 69.2 Å². The smallest absolute Gasteiger partial charge is 0.253 e. The third kappa shape index (κ3) is 7.49. The highest BCUT2D eigenvalue weighted by Crippen LogP contribution is 2.23. The summed E-state index contributed by atoms with van der Waals surface area (Å²) < 4.78 is 0. The number of benzene rings is 2. The summed E-state index contributed by atoms with van der Waals surface area (Å²) in [6.45, 7) is 3.81. The van der Waals surface area contributed by atoms with Gasteiger partial charge in [-0.3, -0.25) is 14.4 Å². The predicted molar refractivity (Wildman–Crippen MR) is 132 cm³/mol. The molecule has 4 N–H and O–H groups in total. The molecule has 1 aliphatic rings. The molecule has 0 bridgehead atoms. The van der Waals surface area contributed by atoms with Crippen molar-refractivity contribution in [3.63, 3.8) is 0 Å². The highest BCUT2D eigenvalue weighted by atomic mass is 35.5. The molecular weight excluding hydrogens is 440 g/mol. The Kier molecular flexibility index (Phi) is 8.72. The van der Waals surface area contributed by atoms with E-state index in [-0.39, 0.29) is 36.3 Å². The van der Waals surface area contributed by atoms with Gasteiger partial charge in [-0.15, -0.1) is 0 Å². The summed E-state index contributed by atoms with van der Waals surface area (Å²) in [6, 6.07) is 12.0. The predicted octanol–water partition coefficient (Wildman–Crippen LogP) is 4.59. The third-order valence-corrected chi connectivity index (χ3v) is 5.78. The fourth-order valence-corrected chi connectivity index (χ4v) is 3.96. The Morgan fingerprint density at radius 2 is 1.61 bits per heavy atom. The summed E-state index contributed by atoms with van der Waals surface area (Å²) in [5.41, 5.74) is 2.14. The van der Waals surface area contributed by atoms with E-state index in [1.807, 2.05) is 13.8 Å². The average Bonchev–Trinajstić information content (AvgIpc) is 2.79. The number of hydrogen-bond acceptors (Lipinski definition) is 4. The van der Waals surface area contributed by atoms with E-state index in [2.05, 4.69) is 21.3 Å². The van der Waals surface area contributed by atoms with E-state index in [9.17, 15) is 14.4 Å². The van der Waals surface area contributed by atoms with Crippen LogP contribution in [0.2, 0.25) is 5.02 Å². The maximum absolute atomic E-state index is 12.7.